The summed E-state index contributed by atoms with van der Waals surface area (Å²) in [7, 11) is 0. The average Bonchev–Trinajstić information content (AvgIpc) is 3.27. The van der Waals surface area contributed by atoms with Gasteiger partial charge in [-0.05, 0) is 68.3 Å². The quantitative estimate of drug-likeness (QED) is 0.393. The van der Waals surface area contributed by atoms with Crippen LogP contribution in [0.15, 0.2) is 65.7 Å². The Morgan fingerprint density at radius 1 is 0.951 bits per heavy atom. The molecule has 1 saturated heterocycles. The number of rotatable bonds is 10. The van der Waals surface area contributed by atoms with Crippen molar-refractivity contribution in [3.05, 3.63) is 76.9 Å². The second-order valence-corrected chi connectivity index (χ2v) is 12.1. The standard InChI is InChI=1S/C34H43N3O4/c1-25(2)23-34(27-12-5-3-6-13-27)29-24-37(22-17-28(29)33(40)41-34)32(39)16-15-26-11-7-8-14-30(26)35-31(38)18-21-36-19-9-4-10-20-36/h3,5-8,11-14,25H,4,9-10,15-24H2,1-2H3,(H,35,38). The number of cyclic esters (lactones) is 1. The van der Waals surface area contributed by atoms with E-state index in [0.717, 1.165) is 47.6 Å². The molecule has 41 heavy (non-hydrogen) atoms. The highest BCUT2D eigenvalue weighted by Crippen LogP contribution is 2.48. The normalized spacial score (nSPS) is 21.1. The maximum Gasteiger partial charge on any atom is 0.335 e. The minimum absolute atomic E-state index is 0.0122. The number of likely N-dealkylation sites (tertiary alicyclic amines) is 1. The number of hydrogen-bond donors (Lipinski definition) is 1. The maximum atomic E-state index is 13.5. The maximum absolute atomic E-state index is 13.5. The summed E-state index contributed by atoms with van der Waals surface area (Å²) in [5, 5.41) is 3.08. The van der Waals surface area contributed by atoms with Gasteiger partial charge in [0, 0.05) is 49.3 Å². The van der Waals surface area contributed by atoms with Crippen LogP contribution in [-0.2, 0) is 31.1 Å². The summed E-state index contributed by atoms with van der Waals surface area (Å²) in [5.74, 6) is 0.112. The van der Waals surface area contributed by atoms with Gasteiger partial charge in [-0.2, -0.15) is 0 Å². The molecule has 0 radical (unpaired) electrons. The summed E-state index contributed by atoms with van der Waals surface area (Å²) in [6.45, 7) is 8.10. The monoisotopic (exact) mass is 557 g/mol. The molecular weight excluding hydrogens is 514 g/mol. The lowest BCUT2D eigenvalue weighted by atomic mass is 9.77. The number of hydrogen-bond acceptors (Lipinski definition) is 5. The van der Waals surface area contributed by atoms with Crippen LogP contribution in [0, 0.1) is 5.92 Å². The smallest absolute Gasteiger partial charge is 0.335 e. The van der Waals surface area contributed by atoms with Crippen molar-refractivity contribution in [3.8, 4) is 0 Å². The van der Waals surface area contributed by atoms with Gasteiger partial charge in [0.05, 0.1) is 0 Å². The van der Waals surface area contributed by atoms with Gasteiger partial charge < -0.3 is 19.9 Å². The Bertz CT molecular complexity index is 1280. The lowest BCUT2D eigenvalue weighted by Gasteiger charge is -2.37. The van der Waals surface area contributed by atoms with Gasteiger partial charge >= 0.3 is 5.97 Å². The van der Waals surface area contributed by atoms with E-state index in [1.54, 1.807) is 0 Å². The van der Waals surface area contributed by atoms with Gasteiger partial charge in [0.25, 0.3) is 0 Å². The van der Waals surface area contributed by atoms with Crippen molar-refractivity contribution in [2.45, 2.75) is 70.8 Å². The van der Waals surface area contributed by atoms with Gasteiger partial charge in [-0.15, -0.1) is 0 Å². The van der Waals surface area contributed by atoms with Gasteiger partial charge in [-0.3, -0.25) is 9.59 Å². The fourth-order valence-electron chi connectivity index (χ4n) is 6.57. The third-order valence-electron chi connectivity index (χ3n) is 8.64. The summed E-state index contributed by atoms with van der Waals surface area (Å²) in [6.07, 6.45) is 6.23. The number of piperidine rings is 1. The first-order chi connectivity index (χ1) is 19.9. The number of aryl methyl sites for hydroxylation is 1. The first-order valence-electron chi connectivity index (χ1n) is 15.2. The molecule has 7 heteroatoms. The number of benzene rings is 2. The molecule has 2 amide bonds. The molecule has 0 saturated carbocycles. The van der Waals surface area contributed by atoms with Gasteiger partial charge in [0.2, 0.25) is 11.8 Å². The Morgan fingerprint density at radius 2 is 1.68 bits per heavy atom. The lowest BCUT2D eigenvalue weighted by molar-refractivity contribution is -0.149. The first-order valence-corrected chi connectivity index (χ1v) is 15.2. The van der Waals surface area contributed by atoms with Crippen LogP contribution in [0.25, 0.3) is 0 Å². The molecule has 0 bridgehead atoms. The SMILES string of the molecule is CC(C)CC1(c2ccccc2)OC(=O)C2=C1CN(C(=O)CCc1ccccc1NC(=O)CCN1CCCCC1)CC2. The summed E-state index contributed by atoms with van der Waals surface area (Å²) in [4.78, 5) is 43.5. The number of para-hydroxylation sites is 1. The Kier molecular flexibility index (Phi) is 9.23. The Labute approximate surface area is 243 Å². The fourth-order valence-corrected chi connectivity index (χ4v) is 6.57. The molecule has 2 aromatic carbocycles. The zero-order valence-electron chi connectivity index (χ0n) is 24.5. The number of esters is 1. The number of nitrogens with zero attached hydrogens (tertiary/aromatic N) is 2. The zero-order valence-corrected chi connectivity index (χ0v) is 24.5. The number of nitrogens with one attached hydrogen (secondary N) is 1. The molecule has 0 aliphatic carbocycles. The third-order valence-corrected chi connectivity index (χ3v) is 8.64. The average molecular weight is 558 g/mol. The highest BCUT2D eigenvalue weighted by Gasteiger charge is 2.50. The molecule has 7 nitrogen and oxygen atoms in total. The van der Waals surface area contributed by atoms with Crippen LogP contribution in [0.4, 0.5) is 5.69 Å². The van der Waals surface area contributed by atoms with Crippen LogP contribution in [-0.4, -0.2) is 60.3 Å². The molecule has 3 aliphatic heterocycles. The van der Waals surface area contributed by atoms with E-state index in [0.29, 0.717) is 51.1 Å². The highest BCUT2D eigenvalue weighted by atomic mass is 16.6. The van der Waals surface area contributed by atoms with Crippen molar-refractivity contribution in [3.63, 3.8) is 0 Å². The number of carbonyl (C=O) groups is 3. The third kappa shape index (κ3) is 6.72. The van der Waals surface area contributed by atoms with Crippen LogP contribution < -0.4 is 5.32 Å². The van der Waals surface area contributed by atoms with Crippen molar-refractivity contribution in [2.75, 3.05) is 38.0 Å². The van der Waals surface area contributed by atoms with Gasteiger partial charge in [-0.25, -0.2) is 4.79 Å². The molecule has 3 aliphatic rings. The minimum Gasteiger partial charge on any atom is -0.446 e. The van der Waals surface area contributed by atoms with Crippen LogP contribution in [0.1, 0.15) is 69.9 Å². The number of anilines is 1. The van der Waals surface area contributed by atoms with Crippen molar-refractivity contribution < 1.29 is 19.1 Å². The predicted molar refractivity (Wildman–Crippen MR) is 160 cm³/mol. The van der Waals surface area contributed by atoms with Gasteiger partial charge in [0.1, 0.15) is 0 Å². The summed E-state index contributed by atoms with van der Waals surface area (Å²) < 4.78 is 6.17. The van der Waals surface area contributed by atoms with Crippen LogP contribution in [0.3, 0.4) is 0 Å². The van der Waals surface area contributed by atoms with Crippen molar-refractivity contribution in [1.82, 2.24) is 9.80 Å². The molecule has 1 N–H and O–H groups in total. The van der Waals surface area contributed by atoms with E-state index < -0.39 is 5.60 Å². The van der Waals surface area contributed by atoms with E-state index in [2.05, 4.69) is 24.1 Å². The molecule has 0 spiro atoms. The summed E-state index contributed by atoms with van der Waals surface area (Å²) in [5.41, 5.74) is 3.54. The molecule has 2 aromatic rings. The second-order valence-electron chi connectivity index (χ2n) is 12.1. The van der Waals surface area contributed by atoms with Gasteiger partial charge in [0.15, 0.2) is 5.60 Å². The molecule has 1 fully saturated rings. The number of ether oxygens (including phenoxy) is 1. The molecule has 5 rings (SSSR count). The van der Waals surface area contributed by atoms with Crippen LogP contribution in [0.5, 0.6) is 0 Å². The fraction of sp³-hybridized carbons (Fsp3) is 0.500. The zero-order chi connectivity index (χ0) is 28.8. The highest BCUT2D eigenvalue weighted by molar-refractivity contribution is 5.94. The van der Waals surface area contributed by atoms with Crippen molar-refractivity contribution in [2.24, 2.45) is 5.92 Å². The van der Waals surface area contributed by atoms with E-state index >= 15 is 0 Å². The van der Waals surface area contributed by atoms with E-state index in [4.69, 9.17) is 4.74 Å². The Balaban J connectivity index is 1.23. The minimum atomic E-state index is -0.828. The van der Waals surface area contributed by atoms with Crippen LogP contribution in [0.2, 0.25) is 0 Å². The molecule has 3 heterocycles. The number of amides is 2. The van der Waals surface area contributed by atoms with E-state index in [-0.39, 0.29) is 17.8 Å². The Morgan fingerprint density at radius 3 is 2.44 bits per heavy atom. The molecule has 0 aromatic heterocycles. The topological polar surface area (TPSA) is 79.0 Å². The number of carbonyl (C=O) groups excluding carboxylic acids is 3. The predicted octanol–water partition coefficient (Wildman–Crippen LogP) is 5.46. The molecule has 1 unspecified atom stereocenters. The van der Waals surface area contributed by atoms with Crippen LogP contribution >= 0.6 is 0 Å². The first kappa shape index (κ1) is 29.1. The second kappa shape index (κ2) is 13.0. The molecular formula is C34H43N3O4. The van der Waals surface area contributed by atoms with Gasteiger partial charge in [-0.1, -0.05) is 68.8 Å². The van der Waals surface area contributed by atoms with E-state index in [1.165, 1.54) is 19.3 Å². The van der Waals surface area contributed by atoms with Crippen molar-refractivity contribution >= 4 is 23.5 Å². The summed E-state index contributed by atoms with van der Waals surface area (Å²) in [6, 6.07) is 17.7. The largest absolute Gasteiger partial charge is 0.446 e. The van der Waals surface area contributed by atoms with E-state index in [9.17, 15) is 14.4 Å². The lowest BCUT2D eigenvalue weighted by Crippen LogP contribution is -2.42. The Hall–Kier alpha value is -3.45. The molecule has 1 atom stereocenters. The summed E-state index contributed by atoms with van der Waals surface area (Å²) >= 11 is 0. The van der Waals surface area contributed by atoms with E-state index in [1.807, 2.05) is 59.5 Å². The van der Waals surface area contributed by atoms with Crippen molar-refractivity contribution in [1.29, 1.82) is 0 Å². The molecule has 218 valence electrons.